The third kappa shape index (κ3) is 4.09. The molecule has 2 N–H and O–H groups in total. The van der Waals surface area contributed by atoms with Crippen LogP contribution in [0, 0.1) is 5.41 Å². The highest BCUT2D eigenvalue weighted by atomic mass is 35.5. The second-order valence-electron chi connectivity index (χ2n) is 7.01. The van der Waals surface area contributed by atoms with Gasteiger partial charge in [0.15, 0.2) is 9.84 Å². The van der Waals surface area contributed by atoms with Crippen molar-refractivity contribution in [1.29, 1.82) is 0 Å². The van der Waals surface area contributed by atoms with Crippen LogP contribution in [0.2, 0.25) is 5.02 Å². The molecule has 0 spiro atoms. The first-order valence-electron chi connectivity index (χ1n) is 8.24. The molecule has 1 heterocycles. The predicted octanol–water partition coefficient (Wildman–Crippen LogP) is 2.27. The Morgan fingerprint density at radius 2 is 1.62 bits per heavy atom. The molecule has 2 aromatic rings. The van der Waals surface area contributed by atoms with E-state index in [0.29, 0.717) is 36.0 Å². The van der Waals surface area contributed by atoms with Gasteiger partial charge in [0.25, 0.3) is 0 Å². The number of likely N-dealkylation sites (tertiary alicyclic amines) is 1. The number of halogens is 1. The summed E-state index contributed by atoms with van der Waals surface area (Å²) < 4.78 is 23.0. The van der Waals surface area contributed by atoms with Crippen LogP contribution in [0.3, 0.4) is 0 Å². The molecule has 3 rings (SSSR count). The van der Waals surface area contributed by atoms with Gasteiger partial charge in [-0.15, -0.1) is 0 Å². The molecule has 0 unspecified atom stereocenters. The number of benzene rings is 2. The van der Waals surface area contributed by atoms with Crippen molar-refractivity contribution in [3.8, 4) is 0 Å². The van der Waals surface area contributed by atoms with Gasteiger partial charge in [-0.25, -0.2) is 8.42 Å². The highest BCUT2D eigenvalue weighted by molar-refractivity contribution is 7.90. The van der Waals surface area contributed by atoms with E-state index in [1.54, 1.807) is 24.3 Å². The second-order valence-corrected chi connectivity index (χ2v) is 9.46. The van der Waals surface area contributed by atoms with Crippen molar-refractivity contribution in [3.63, 3.8) is 0 Å². The summed E-state index contributed by atoms with van der Waals surface area (Å²) in [5, 5.41) is 0.662. The third-order valence-electron chi connectivity index (χ3n) is 4.79. The Morgan fingerprint density at radius 3 is 2.12 bits per heavy atom. The lowest BCUT2D eigenvalue weighted by Crippen LogP contribution is -2.62. The largest absolute Gasteiger partial charge is 0.369 e. The predicted molar refractivity (Wildman–Crippen MR) is 102 cm³/mol. The molecule has 26 heavy (non-hydrogen) atoms. The van der Waals surface area contributed by atoms with Crippen molar-refractivity contribution < 1.29 is 13.2 Å². The summed E-state index contributed by atoms with van der Waals surface area (Å²) in [5.41, 5.74) is 7.14. The number of rotatable bonds is 6. The first-order valence-corrected chi connectivity index (χ1v) is 10.5. The van der Waals surface area contributed by atoms with Crippen LogP contribution in [-0.4, -0.2) is 38.6 Å². The lowest BCUT2D eigenvalue weighted by Gasteiger charge is -2.48. The van der Waals surface area contributed by atoms with E-state index < -0.39 is 15.3 Å². The van der Waals surface area contributed by atoms with Gasteiger partial charge in [-0.1, -0.05) is 35.9 Å². The van der Waals surface area contributed by atoms with Crippen LogP contribution >= 0.6 is 11.6 Å². The molecular formula is C19H21ClN2O3S. The smallest absolute Gasteiger partial charge is 0.226 e. The fourth-order valence-electron chi connectivity index (χ4n) is 3.37. The highest BCUT2D eigenvalue weighted by Crippen LogP contribution is 2.35. The van der Waals surface area contributed by atoms with Crippen LogP contribution in [0.25, 0.3) is 0 Å². The van der Waals surface area contributed by atoms with E-state index in [1.807, 2.05) is 24.3 Å². The molecule has 1 fully saturated rings. The third-order valence-corrected chi connectivity index (χ3v) is 6.17. The van der Waals surface area contributed by atoms with Crippen LogP contribution in [0.4, 0.5) is 0 Å². The van der Waals surface area contributed by atoms with Crippen molar-refractivity contribution in [2.24, 2.45) is 11.1 Å². The Bertz CT molecular complexity index is 903. The van der Waals surface area contributed by atoms with E-state index in [1.165, 1.54) is 6.26 Å². The number of primary amides is 1. The number of carbonyl (C=O) groups is 1. The molecule has 2 aromatic carbocycles. The Kier molecular flexibility index (Phi) is 5.10. The number of hydrogen-bond donors (Lipinski definition) is 1. The zero-order valence-electron chi connectivity index (χ0n) is 14.5. The minimum absolute atomic E-state index is 0.295. The molecule has 1 aliphatic rings. The lowest BCUT2D eigenvalue weighted by atomic mass is 9.74. The van der Waals surface area contributed by atoms with Crippen molar-refractivity contribution in [2.75, 3.05) is 19.3 Å². The van der Waals surface area contributed by atoms with E-state index in [4.69, 9.17) is 17.3 Å². The number of amides is 1. The van der Waals surface area contributed by atoms with Gasteiger partial charge in [0, 0.05) is 30.9 Å². The van der Waals surface area contributed by atoms with Crippen LogP contribution in [0.15, 0.2) is 53.4 Å². The first-order chi connectivity index (χ1) is 12.2. The summed E-state index contributed by atoms with van der Waals surface area (Å²) in [6, 6.07) is 14.3. The van der Waals surface area contributed by atoms with Gasteiger partial charge in [-0.05, 0) is 41.8 Å². The standard InChI is InChI=1S/C19H21ClN2O3S/c1-26(24,25)17-8-4-15(5-9-17)11-22-12-19(13-22,18(21)23)10-14-2-6-16(20)7-3-14/h2-9H,10-13H2,1H3,(H2,21,23). The van der Waals surface area contributed by atoms with E-state index in [0.717, 1.165) is 11.1 Å². The lowest BCUT2D eigenvalue weighted by molar-refractivity contribution is -0.138. The van der Waals surface area contributed by atoms with Gasteiger partial charge in [-0.2, -0.15) is 0 Å². The van der Waals surface area contributed by atoms with Gasteiger partial charge in [0.1, 0.15) is 0 Å². The van der Waals surface area contributed by atoms with Crippen LogP contribution in [0.1, 0.15) is 11.1 Å². The maximum absolute atomic E-state index is 12.0. The molecule has 7 heteroatoms. The zero-order chi connectivity index (χ0) is 18.9. The molecular weight excluding hydrogens is 372 g/mol. The summed E-state index contributed by atoms with van der Waals surface area (Å²) in [4.78, 5) is 14.5. The summed E-state index contributed by atoms with van der Waals surface area (Å²) >= 11 is 5.91. The fraction of sp³-hybridized carbons (Fsp3) is 0.316. The van der Waals surface area contributed by atoms with Crippen LogP contribution < -0.4 is 5.73 Å². The van der Waals surface area contributed by atoms with Crippen molar-refractivity contribution in [3.05, 3.63) is 64.7 Å². The molecule has 1 aliphatic heterocycles. The summed E-state index contributed by atoms with van der Waals surface area (Å²) in [6.45, 7) is 1.82. The Balaban J connectivity index is 1.64. The Hall–Kier alpha value is -1.89. The minimum Gasteiger partial charge on any atom is -0.369 e. The molecule has 5 nitrogen and oxygen atoms in total. The van der Waals surface area contributed by atoms with Gasteiger partial charge in [-0.3, -0.25) is 9.69 Å². The molecule has 0 aliphatic carbocycles. The normalized spacial score (nSPS) is 16.8. The van der Waals surface area contributed by atoms with Gasteiger partial charge in [0.05, 0.1) is 10.3 Å². The average molecular weight is 393 g/mol. The fourth-order valence-corrected chi connectivity index (χ4v) is 4.13. The number of hydrogen-bond acceptors (Lipinski definition) is 4. The van der Waals surface area contributed by atoms with E-state index in [-0.39, 0.29) is 5.91 Å². The van der Waals surface area contributed by atoms with Crippen molar-refractivity contribution in [2.45, 2.75) is 17.9 Å². The zero-order valence-corrected chi connectivity index (χ0v) is 16.1. The topological polar surface area (TPSA) is 80.5 Å². The van der Waals surface area contributed by atoms with Crippen molar-refractivity contribution in [1.82, 2.24) is 4.90 Å². The maximum atomic E-state index is 12.0. The summed E-state index contributed by atoms with van der Waals surface area (Å²) in [6.07, 6.45) is 1.78. The molecule has 1 saturated heterocycles. The summed E-state index contributed by atoms with van der Waals surface area (Å²) in [5.74, 6) is -0.295. The van der Waals surface area contributed by atoms with E-state index in [2.05, 4.69) is 4.90 Å². The van der Waals surface area contributed by atoms with Gasteiger partial charge >= 0.3 is 0 Å². The molecule has 0 atom stereocenters. The van der Waals surface area contributed by atoms with E-state index in [9.17, 15) is 13.2 Å². The Morgan fingerprint density at radius 1 is 1.08 bits per heavy atom. The first kappa shape index (κ1) is 18.9. The highest BCUT2D eigenvalue weighted by Gasteiger charge is 2.47. The maximum Gasteiger partial charge on any atom is 0.226 e. The monoisotopic (exact) mass is 392 g/mol. The van der Waals surface area contributed by atoms with Crippen LogP contribution in [0.5, 0.6) is 0 Å². The Labute approximate surface area is 158 Å². The number of sulfone groups is 1. The van der Waals surface area contributed by atoms with Gasteiger partial charge in [0.2, 0.25) is 5.91 Å². The number of nitrogens with two attached hydrogens (primary N) is 1. The molecule has 0 aromatic heterocycles. The molecule has 0 saturated carbocycles. The van der Waals surface area contributed by atoms with Gasteiger partial charge < -0.3 is 5.73 Å². The molecule has 138 valence electrons. The molecule has 0 bridgehead atoms. The number of nitrogens with zero attached hydrogens (tertiary/aromatic N) is 1. The van der Waals surface area contributed by atoms with Crippen molar-refractivity contribution >= 4 is 27.3 Å². The molecule has 1 amide bonds. The quantitative estimate of drug-likeness (QED) is 0.817. The molecule has 0 radical (unpaired) electrons. The second kappa shape index (κ2) is 7.02. The minimum atomic E-state index is -3.19. The number of carbonyl (C=O) groups excluding carboxylic acids is 1. The average Bonchev–Trinajstić information content (AvgIpc) is 2.54. The van der Waals surface area contributed by atoms with Crippen LogP contribution in [-0.2, 0) is 27.6 Å². The van der Waals surface area contributed by atoms with E-state index >= 15 is 0 Å². The SMILES string of the molecule is CS(=O)(=O)c1ccc(CN2CC(Cc3ccc(Cl)cc3)(C(N)=O)C2)cc1. The summed E-state index contributed by atoms with van der Waals surface area (Å²) in [7, 11) is -3.19.